The quantitative estimate of drug-likeness (QED) is 0.799. The molecule has 1 aliphatic rings. The molecule has 0 bridgehead atoms. The Kier molecular flexibility index (Phi) is 2.70. The van der Waals surface area contributed by atoms with Crippen LogP contribution >= 0.6 is 0 Å². The predicted octanol–water partition coefficient (Wildman–Crippen LogP) is 2.75. The Morgan fingerprint density at radius 2 is 1.88 bits per heavy atom. The maximum Gasteiger partial charge on any atom is 0.248 e. The first-order valence-corrected chi connectivity index (χ1v) is 5.51. The van der Waals surface area contributed by atoms with Crippen molar-refractivity contribution in [2.24, 2.45) is 5.73 Å². The number of nitrogens with two attached hydrogens (primary N) is 1. The summed E-state index contributed by atoms with van der Waals surface area (Å²) in [5, 5.41) is 0. The van der Waals surface area contributed by atoms with Gasteiger partial charge in [0.25, 0.3) is 0 Å². The van der Waals surface area contributed by atoms with Crippen molar-refractivity contribution >= 4 is 0 Å². The molecular weight excluding hydrogens is 210 g/mol. The van der Waals surface area contributed by atoms with E-state index < -0.39 is 11.5 Å². The maximum absolute atomic E-state index is 13.1. The van der Waals surface area contributed by atoms with Crippen LogP contribution in [0.4, 0.5) is 8.78 Å². The average Bonchev–Trinajstić information content (AvgIpc) is 2.24. The van der Waals surface area contributed by atoms with Crippen LogP contribution in [0.2, 0.25) is 0 Å². The van der Waals surface area contributed by atoms with Crippen LogP contribution in [0.3, 0.4) is 0 Å². The molecule has 1 heterocycles. The van der Waals surface area contributed by atoms with Gasteiger partial charge in [-0.3, -0.25) is 4.98 Å². The first-order valence-electron chi connectivity index (χ1n) is 5.51. The van der Waals surface area contributed by atoms with Crippen molar-refractivity contribution < 1.29 is 8.78 Å². The van der Waals surface area contributed by atoms with Gasteiger partial charge in [0.2, 0.25) is 5.92 Å². The normalized spacial score (nSPS) is 23.0. The molecular formula is C12H16F2N2. The van der Waals surface area contributed by atoms with E-state index in [0.717, 1.165) is 11.1 Å². The smallest absolute Gasteiger partial charge is 0.248 e. The number of nitrogens with zero attached hydrogens (tertiary/aromatic N) is 1. The molecule has 1 aliphatic carbocycles. The van der Waals surface area contributed by atoms with Gasteiger partial charge in [0.1, 0.15) is 0 Å². The molecule has 0 aromatic carbocycles. The van der Waals surface area contributed by atoms with Crippen molar-refractivity contribution in [1.82, 2.24) is 4.98 Å². The molecule has 16 heavy (non-hydrogen) atoms. The molecule has 1 fully saturated rings. The number of alkyl halides is 2. The molecule has 88 valence electrons. The number of halogens is 2. The van der Waals surface area contributed by atoms with Crippen LogP contribution in [0, 0.1) is 6.92 Å². The van der Waals surface area contributed by atoms with Crippen molar-refractivity contribution in [1.29, 1.82) is 0 Å². The van der Waals surface area contributed by atoms with Crippen molar-refractivity contribution in [2.45, 2.75) is 44.1 Å². The molecule has 2 rings (SSSR count). The second kappa shape index (κ2) is 3.77. The maximum atomic E-state index is 13.1. The third kappa shape index (κ3) is 2.07. The fraction of sp³-hybridized carbons (Fsp3) is 0.583. The van der Waals surface area contributed by atoms with Gasteiger partial charge in [0, 0.05) is 30.8 Å². The molecule has 0 atom stereocenters. The van der Waals surface area contributed by atoms with Gasteiger partial charge in [-0.1, -0.05) is 0 Å². The summed E-state index contributed by atoms with van der Waals surface area (Å²) in [6.07, 6.45) is 3.80. The largest absolute Gasteiger partial charge is 0.321 e. The van der Waals surface area contributed by atoms with Crippen LogP contribution in [0.25, 0.3) is 0 Å². The Bertz CT molecular complexity index is 380. The van der Waals surface area contributed by atoms with E-state index in [1.807, 2.05) is 13.0 Å². The minimum Gasteiger partial charge on any atom is -0.321 e. The zero-order valence-electron chi connectivity index (χ0n) is 9.34. The van der Waals surface area contributed by atoms with E-state index in [2.05, 4.69) is 4.98 Å². The zero-order chi connectivity index (χ0) is 11.8. The van der Waals surface area contributed by atoms with E-state index in [9.17, 15) is 8.78 Å². The average molecular weight is 226 g/mol. The van der Waals surface area contributed by atoms with E-state index in [0.29, 0.717) is 12.8 Å². The highest BCUT2D eigenvalue weighted by molar-refractivity contribution is 5.30. The molecule has 1 aromatic heterocycles. The third-order valence-electron chi connectivity index (χ3n) is 3.45. The lowest BCUT2D eigenvalue weighted by Gasteiger charge is -2.38. The second-order valence-electron chi connectivity index (χ2n) is 4.70. The van der Waals surface area contributed by atoms with Gasteiger partial charge in [-0.15, -0.1) is 0 Å². The molecule has 2 N–H and O–H groups in total. The Balaban J connectivity index is 2.25. The van der Waals surface area contributed by atoms with Crippen molar-refractivity contribution in [2.75, 3.05) is 0 Å². The molecule has 0 saturated heterocycles. The monoisotopic (exact) mass is 226 g/mol. The van der Waals surface area contributed by atoms with Crippen molar-refractivity contribution in [3.05, 3.63) is 29.6 Å². The van der Waals surface area contributed by atoms with Gasteiger partial charge in [-0.25, -0.2) is 8.78 Å². The van der Waals surface area contributed by atoms with E-state index in [1.54, 1.807) is 12.4 Å². The lowest BCUT2D eigenvalue weighted by atomic mass is 9.75. The summed E-state index contributed by atoms with van der Waals surface area (Å²) >= 11 is 0. The van der Waals surface area contributed by atoms with Crippen LogP contribution in [-0.4, -0.2) is 10.9 Å². The zero-order valence-corrected chi connectivity index (χ0v) is 9.34. The van der Waals surface area contributed by atoms with E-state index in [1.165, 1.54) is 0 Å². The Hall–Kier alpha value is -1.03. The molecule has 0 amide bonds. The van der Waals surface area contributed by atoms with Crippen molar-refractivity contribution in [3.63, 3.8) is 0 Å². The van der Waals surface area contributed by atoms with Crippen molar-refractivity contribution in [3.8, 4) is 0 Å². The fourth-order valence-corrected chi connectivity index (χ4v) is 2.32. The van der Waals surface area contributed by atoms with Crippen LogP contribution < -0.4 is 5.73 Å². The molecule has 0 aliphatic heterocycles. The van der Waals surface area contributed by atoms with Gasteiger partial charge >= 0.3 is 0 Å². The molecule has 2 nitrogen and oxygen atoms in total. The van der Waals surface area contributed by atoms with Crippen LogP contribution in [0.1, 0.15) is 36.8 Å². The lowest BCUT2D eigenvalue weighted by Crippen LogP contribution is -2.44. The molecule has 0 unspecified atom stereocenters. The van der Waals surface area contributed by atoms with Crippen LogP contribution in [-0.2, 0) is 5.54 Å². The van der Waals surface area contributed by atoms with Gasteiger partial charge in [0.15, 0.2) is 0 Å². The standard InChI is InChI=1S/C12H16F2N2/c1-9-2-7-16-8-10(9)11(15)3-5-12(13,14)6-4-11/h2,7-8H,3-6,15H2,1H3. The van der Waals surface area contributed by atoms with Gasteiger partial charge in [-0.2, -0.15) is 0 Å². The minimum absolute atomic E-state index is 0.127. The molecule has 1 saturated carbocycles. The summed E-state index contributed by atoms with van der Waals surface area (Å²) in [4.78, 5) is 4.03. The minimum atomic E-state index is -2.54. The highest BCUT2D eigenvalue weighted by Crippen LogP contribution is 2.42. The summed E-state index contributed by atoms with van der Waals surface area (Å²) in [6, 6.07) is 1.87. The number of rotatable bonds is 1. The second-order valence-corrected chi connectivity index (χ2v) is 4.70. The van der Waals surface area contributed by atoms with Crippen LogP contribution in [0.5, 0.6) is 0 Å². The third-order valence-corrected chi connectivity index (χ3v) is 3.45. The summed E-state index contributed by atoms with van der Waals surface area (Å²) < 4.78 is 26.2. The first kappa shape index (κ1) is 11.5. The Labute approximate surface area is 93.9 Å². The van der Waals surface area contributed by atoms with Gasteiger partial charge in [-0.05, 0) is 37.0 Å². The number of hydrogen-bond donors (Lipinski definition) is 1. The van der Waals surface area contributed by atoms with E-state index in [4.69, 9.17) is 5.73 Å². The Morgan fingerprint density at radius 3 is 2.44 bits per heavy atom. The summed E-state index contributed by atoms with van der Waals surface area (Å²) in [5.41, 5.74) is 7.54. The summed E-state index contributed by atoms with van der Waals surface area (Å²) in [7, 11) is 0. The van der Waals surface area contributed by atoms with E-state index >= 15 is 0 Å². The molecule has 0 radical (unpaired) electrons. The van der Waals surface area contributed by atoms with Gasteiger partial charge < -0.3 is 5.73 Å². The van der Waals surface area contributed by atoms with E-state index in [-0.39, 0.29) is 12.8 Å². The summed E-state index contributed by atoms with van der Waals surface area (Å²) in [6.45, 7) is 1.94. The molecule has 0 spiro atoms. The highest BCUT2D eigenvalue weighted by Gasteiger charge is 2.42. The number of aryl methyl sites for hydroxylation is 1. The number of pyridine rings is 1. The Morgan fingerprint density at radius 1 is 1.25 bits per heavy atom. The molecule has 1 aromatic rings. The fourth-order valence-electron chi connectivity index (χ4n) is 2.32. The topological polar surface area (TPSA) is 38.9 Å². The lowest BCUT2D eigenvalue weighted by molar-refractivity contribution is -0.0515. The SMILES string of the molecule is Cc1ccncc1C1(N)CCC(F)(F)CC1. The molecule has 4 heteroatoms. The summed E-state index contributed by atoms with van der Waals surface area (Å²) in [5.74, 6) is -2.54. The number of hydrogen-bond acceptors (Lipinski definition) is 2. The van der Waals surface area contributed by atoms with Crippen LogP contribution in [0.15, 0.2) is 18.5 Å². The number of aromatic nitrogens is 1. The highest BCUT2D eigenvalue weighted by atomic mass is 19.3. The first-order chi connectivity index (χ1) is 7.43. The predicted molar refractivity (Wildman–Crippen MR) is 58.3 cm³/mol. The van der Waals surface area contributed by atoms with Gasteiger partial charge in [0.05, 0.1) is 0 Å².